The van der Waals surface area contributed by atoms with Crippen molar-refractivity contribution in [3.63, 3.8) is 0 Å². The van der Waals surface area contributed by atoms with Crippen molar-refractivity contribution in [2.24, 2.45) is 0 Å². The second-order valence-corrected chi connectivity index (χ2v) is 4.90. The van der Waals surface area contributed by atoms with Crippen molar-refractivity contribution < 1.29 is 154 Å². The first-order chi connectivity index (χ1) is 8.00. The molecule has 168 valence electrons. The van der Waals surface area contributed by atoms with Crippen molar-refractivity contribution in [2.45, 2.75) is 0 Å². The Kier molecular flexibility index (Phi) is 153. The Morgan fingerprint density at radius 1 is 0.323 bits per heavy atom. The van der Waals surface area contributed by atoms with Crippen molar-refractivity contribution in [3.05, 3.63) is 0 Å². The minimum absolute atomic E-state index is 0. The summed E-state index contributed by atoms with van der Waals surface area (Å²) in [6, 6.07) is 0. The molecule has 0 atom stereocenters. The minimum Gasteiger partial charge on any atom is -0.870 e. The summed E-state index contributed by atoms with van der Waals surface area (Å²) in [6.07, 6.45) is 0. The third kappa shape index (κ3) is 4310. The molecule has 0 aliphatic heterocycles. The number of hydrogen-bond acceptors (Lipinski definition) is 20. The average Bonchev–Trinajstić information content (AvgIpc) is 1.62. The quantitative estimate of drug-likeness (QED) is 0.148. The molecule has 0 rings (SSSR count). The van der Waals surface area contributed by atoms with Gasteiger partial charge >= 0.3 is 109 Å². The Morgan fingerprint density at radius 2 is 0.323 bits per heavy atom. The van der Waals surface area contributed by atoms with Gasteiger partial charge < -0.3 is 63.8 Å². The van der Waals surface area contributed by atoms with E-state index >= 15 is 0 Å². The van der Waals surface area contributed by atoms with E-state index in [1.54, 1.807) is 0 Å². The Balaban J connectivity index is -0.00000000757. The van der Waals surface area contributed by atoms with Crippen molar-refractivity contribution in [3.8, 4) is 0 Å². The largest absolute Gasteiger partial charge is 3.00 e. The third-order valence-electron chi connectivity index (χ3n) is 0. The summed E-state index contributed by atoms with van der Waals surface area (Å²) in [6.45, 7) is 0. The first-order valence-corrected chi connectivity index (χ1v) is 8.00. The molecule has 0 saturated carbocycles. The second-order valence-electron chi connectivity index (χ2n) is 1.63. The molecule has 0 aliphatic rings. The predicted molar refractivity (Wildman–Crippen MR) is 70.5 cm³/mol. The van der Waals surface area contributed by atoms with Crippen LogP contribution < -0.4 is 56.6 Å². The third-order valence-corrected chi connectivity index (χ3v) is 0. The van der Waals surface area contributed by atoms with E-state index in [4.69, 9.17) is 70.1 Å². The first-order valence-electron chi connectivity index (χ1n) is 2.67. The predicted octanol–water partition coefficient (Wildman–Crippen LogP) is -17.0. The monoisotopic (exact) mass is 572 g/mol. The fourth-order valence-corrected chi connectivity index (χ4v) is 0. The molecule has 0 radical (unpaired) electrons. The van der Waals surface area contributed by atoms with Crippen LogP contribution in [0.2, 0.25) is 0 Å². The van der Waals surface area contributed by atoms with Gasteiger partial charge in [0.15, 0.2) is 0 Å². The summed E-state index contributed by atoms with van der Waals surface area (Å²) < 4.78 is 136. The van der Waals surface area contributed by atoms with Gasteiger partial charge in [-0.2, -0.15) is 0 Å². The normalized spacial score (nSPS) is 7.48. The van der Waals surface area contributed by atoms with Crippen LogP contribution >= 0.6 is 0 Å². The van der Waals surface area contributed by atoms with E-state index in [9.17, 15) is 0 Å². The molecule has 0 spiro atoms. The van der Waals surface area contributed by atoms with E-state index in [1.807, 2.05) is 0 Å². The van der Waals surface area contributed by atoms with Crippen LogP contribution in [0.25, 0.3) is 0 Å². The maximum absolute atomic E-state index is 8.52. The van der Waals surface area contributed by atoms with E-state index in [0.29, 0.717) is 0 Å². The van der Waals surface area contributed by atoms with Gasteiger partial charge in [-0.3, -0.25) is 33.7 Å². The van der Waals surface area contributed by atoms with E-state index in [0.717, 1.165) is 0 Å². The van der Waals surface area contributed by atoms with Crippen molar-refractivity contribution >= 4 is 93.7 Å². The minimum atomic E-state index is -5.17. The van der Waals surface area contributed by atoms with Gasteiger partial charge in [0.25, 0.3) is 0 Å². The van der Waals surface area contributed by atoms with Crippen LogP contribution in [-0.4, -0.2) is 150 Å². The standard InChI is InChI=1S/3Al.3Li.4H2O4S.5H2O/c;;;;;;4*1-5(2,3)4;;;;;/h;;;;;;4*(H2,1,2,3,4);5*1H2/q3*+3;3*+1;;;;;;;;;/p-12. The van der Waals surface area contributed by atoms with Crippen LogP contribution in [0, 0.1) is 0 Å². The van der Waals surface area contributed by atoms with Crippen LogP contribution in [0.1, 0.15) is 0 Å². The average molecular weight is 572 g/mol. The van der Waals surface area contributed by atoms with Crippen molar-refractivity contribution in [1.29, 1.82) is 0 Å². The molecular weight excluding hydrogens is 566 g/mol. The van der Waals surface area contributed by atoms with Gasteiger partial charge in [0.05, 0.1) is 0 Å². The van der Waals surface area contributed by atoms with Gasteiger partial charge in [0.2, 0.25) is 0 Å². The molecule has 0 aromatic carbocycles. The summed E-state index contributed by atoms with van der Waals surface area (Å²) in [5.74, 6) is 0. The molecule has 31 heavy (non-hydrogen) atoms. The molecule has 6 N–H and O–H groups in total. The van der Waals surface area contributed by atoms with Gasteiger partial charge in [0.1, 0.15) is 0 Å². The zero-order chi connectivity index (χ0) is 18.0. The topological polar surface area (TPSA) is 473 Å². The van der Waals surface area contributed by atoms with Gasteiger partial charge in [-0.05, 0) is 0 Å². The maximum Gasteiger partial charge on any atom is 3.00 e. The van der Waals surface area contributed by atoms with Crippen LogP contribution in [0.4, 0.5) is 0 Å². The second kappa shape index (κ2) is 46.1. The molecule has 21 nitrogen and oxygen atoms in total. The summed E-state index contributed by atoms with van der Waals surface area (Å²) in [5, 5.41) is 0. The zero-order valence-electron chi connectivity index (χ0n) is 15.2. The number of rotatable bonds is 0. The summed E-state index contributed by atoms with van der Waals surface area (Å²) >= 11 is 0. The molecule has 0 fully saturated rings. The number of hydrogen-bond donors (Lipinski definition) is 0. The van der Waals surface area contributed by atoms with Gasteiger partial charge in [-0.25, -0.2) is 0 Å². The van der Waals surface area contributed by atoms with Gasteiger partial charge in [0, 0.05) is 41.6 Å². The molecule has 0 amide bonds. The Morgan fingerprint density at radius 3 is 0.323 bits per heavy atom. The van der Waals surface area contributed by atoms with Crippen LogP contribution in [-0.2, 0) is 41.6 Å². The van der Waals surface area contributed by atoms with Crippen LogP contribution in [0.3, 0.4) is 0 Å². The maximum atomic E-state index is 8.52. The summed E-state index contributed by atoms with van der Waals surface area (Å²) in [7, 11) is -20.7. The molecule has 0 aliphatic carbocycles. The first kappa shape index (κ1) is 103. The van der Waals surface area contributed by atoms with E-state index in [-0.39, 0.29) is 136 Å². The molecule has 0 saturated heterocycles. The fraction of sp³-hybridized carbons (Fsp3) is 0. The van der Waals surface area contributed by atoms with Crippen LogP contribution in [0.15, 0.2) is 0 Å². The molecule has 0 bridgehead atoms. The SMILES string of the molecule is O.O=S(=O)([O-])[O-].O=S(=O)([O-])[O-].O=S(=O)([O-])[O-].O=S(=O)([O-])[O-].[Al+3].[Al+3].[Al+3].[Li+].[Li+].[Li+].[OH-].[OH-].[OH-].[OH-]. The van der Waals surface area contributed by atoms with Gasteiger partial charge in [-0.1, -0.05) is 0 Å². The molecule has 0 aromatic heterocycles. The molecule has 0 unspecified atom stereocenters. The van der Waals surface area contributed by atoms with Crippen molar-refractivity contribution in [1.82, 2.24) is 0 Å². The zero-order valence-corrected chi connectivity index (χ0v) is 21.9. The van der Waals surface area contributed by atoms with Crippen LogP contribution in [0.5, 0.6) is 0 Å². The molecule has 31 heteroatoms. The summed E-state index contributed by atoms with van der Waals surface area (Å²) in [4.78, 5) is 0. The van der Waals surface area contributed by atoms with E-state index < -0.39 is 41.6 Å². The van der Waals surface area contributed by atoms with Gasteiger partial charge in [-0.15, -0.1) is 0 Å². The Labute approximate surface area is 245 Å². The summed E-state index contributed by atoms with van der Waals surface area (Å²) in [5.41, 5.74) is 0. The van der Waals surface area contributed by atoms with E-state index in [2.05, 4.69) is 0 Å². The smallest absolute Gasteiger partial charge is 0.870 e. The fourth-order valence-electron chi connectivity index (χ4n) is 0. The Hall–Kier alpha value is 2.67. The van der Waals surface area contributed by atoms with Crippen molar-refractivity contribution in [2.75, 3.05) is 0 Å². The molecular formula is H6Al3Li3O21S4. The molecule has 0 heterocycles. The molecule has 0 aromatic rings. The van der Waals surface area contributed by atoms with E-state index in [1.165, 1.54) is 0 Å². The Bertz CT molecular complexity index is 497.